The second-order valence-corrected chi connectivity index (χ2v) is 6.38. The molecule has 2 aromatic heterocycles. The first-order chi connectivity index (χ1) is 11.0. The Balaban J connectivity index is 1.72. The van der Waals surface area contributed by atoms with Gasteiger partial charge in [0.05, 0.1) is 17.4 Å². The fourth-order valence-corrected chi connectivity index (χ4v) is 3.25. The Bertz CT molecular complexity index is 941. The number of rotatable bonds is 5. The maximum atomic E-state index is 12.1. The summed E-state index contributed by atoms with van der Waals surface area (Å²) >= 11 is 1.22. The van der Waals surface area contributed by atoms with Crippen LogP contribution in [0.25, 0.3) is 10.9 Å². The van der Waals surface area contributed by atoms with Crippen molar-refractivity contribution >= 4 is 22.2 Å². The smallest absolute Gasteiger partial charge is 0.307 e. The van der Waals surface area contributed by atoms with Crippen molar-refractivity contribution in [2.75, 3.05) is 13.6 Å². The molecule has 120 valence electrons. The van der Waals surface area contributed by atoms with Gasteiger partial charge in [0, 0.05) is 24.2 Å². The largest absolute Gasteiger partial charge is 0.309 e. The number of hydrogen-bond donors (Lipinski definition) is 1. The van der Waals surface area contributed by atoms with Gasteiger partial charge in [0.2, 0.25) is 0 Å². The predicted molar refractivity (Wildman–Crippen MR) is 92.0 cm³/mol. The highest BCUT2D eigenvalue weighted by atomic mass is 32.1. The van der Waals surface area contributed by atoms with Gasteiger partial charge in [0.25, 0.3) is 5.56 Å². The average Bonchev–Trinajstić information content (AvgIpc) is 2.84. The topological polar surface area (TPSA) is 71.0 Å². The molecule has 23 heavy (non-hydrogen) atoms. The van der Waals surface area contributed by atoms with Crippen molar-refractivity contribution in [3.8, 4) is 0 Å². The third kappa shape index (κ3) is 3.40. The molecule has 0 saturated carbocycles. The van der Waals surface area contributed by atoms with Crippen LogP contribution in [-0.2, 0) is 13.1 Å². The lowest BCUT2D eigenvalue weighted by Crippen LogP contribution is -2.28. The van der Waals surface area contributed by atoms with Gasteiger partial charge in [-0.2, -0.15) is 0 Å². The van der Waals surface area contributed by atoms with Gasteiger partial charge in [-0.1, -0.05) is 23.5 Å². The molecule has 0 saturated heterocycles. The van der Waals surface area contributed by atoms with Gasteiger partial charge in [0.15, 0.2) is 0 Å². The minimum absolute atomic E-state index is 0.0631. The summed E-state index contributed by atoms with van der Waals surface area (Å²) in [6.45, 7) is 3.79. The number of hydrogen-bond acceptors (Lipinski definition) is 5. The average molecular weight is 330 g/mol. The highest BCUT2D eigenvalue weighted by Gasteiger charge is 2.08. The van der Waals surface area contributed by atoms with E-state index in [1.807, 2.05) is 42.5 Å². The number of thiazole rings is 1. The van der Waals surface area contributed by atoms with E-state index in [9.17, 15) is 9.59 Å². The number of aryl methyl sites for hydroxylation is 1. The van der Waals surface area contributed by atoms with Crippen LogP contribution in [0.1, 0.15) is 11.5 Å². The molecule has 0 unspecified atom stereocenters. The SMILES string of the molecule is Cc1csc(=O)n1CCN(C)Cc1nc2ccccc2c(=O)[nH]1. The first-order valence-electron chi connectivity index (χ1n) is 7.36. The van der Waals surface area contributed by atoms with E-state index >= 15 is 0 Å². The molecule has 0 bridgehead atoms. The van der Waals surface area contributed by atoms with Crippen molar-refractivity contribution in [3.05, 3.63) is 61.2 Å². The number of nitrogens with one attached hydrogen (secondary N) is 1. The Morgan fingerprint density at radius 1 is 1.30 bits per heavy atom. The molecule has 0 fully saturated rings. The number of H-pyrrole nitrogens is 1. The molecule has 0 aliphatic rings. The van der Waals surface area contributed by atoms with Crippen molar-refractivity contribution < 1.29 is 0 Å². The molecule has 0 atom stereocenters. The van der Waals surface area contributed by atoms with E-state index in [1.54, 1.807) is 10.6 Å². The molecule has 1 aromatic carbocycles. The van der Waals surface area contributed by atoms with Gasteiger partial charge in [-0.15, -0.1) is 0 Å². The first kappa shape index (κ1) is 15.6. The lowest BCUT2D eigenvalue weighted by Gasteiger charge is -2.16. The fourth-order valence-electron chi connectivity index (χ4n) is 2.49. The van der Waals surface area contributed by atoms with Crippen LogP contribution in [0.2, 0.25) is 0 Å². The van der Waals surface area contributed by atoms with Crippen molar-refractivity contribution in [2.45, 2.75) is 20.0 Å². The van der Waals surface area contributed by atoms with Gasteiger partial charge in [0.1, 0.15) is 5.82 Å². The normalized spacial score (nSPS) is 11.4. The van der Waals surface area contributed by atoms with Crippen LogP contribution in [0.15, 0.2) is 39.2 Å². The molecule has 0 aliphatic heterocycles. The van der Waals surface area contributed by atoms with E-state index in [4.69, 9.17) is 0 Å². The third-order valence-corrected chi connectivity index (χ3v) is 4.64. The van der Waals surface area contributed by atoms with Gasteiger partial charge in [-0.05, 0) is 26.1 Å². The summed E-state index contributed by atoms with van der Waals surface area (Å²) in [6.07, 6.45) is 0. The fraction of sp³-hybridized carbons (Fsp3) is 0.312. The number of likely N-dealkylation sites (N-methyl/N-ethyl adjacent to an activating group) is 1. The van der Waals surface area contributed by atoms with Gasteiger partial charge in [-0.3, -0.25) is 14.5 Å². The van der Waals surface area contributed by atoms with Gasteiger partial charge < -0.3 is 9.55 Å². The zero-order valence-electron chi connectivity index (χ0n) is 13.1. The van der Waals surface area contributed by atoms with E-state index < -0.39 is 0 Å². The number of para-hydroxylation sites is 1. The predicted octanol–water partition coefficient (Wildman–Crippen LogP) is 1.59. The molecule has 0 spiro atoms. The molecule has 0 amide bonds. The summed E-state index contributed by atoms with van der Waals surface area (Å²) in [5.74, 6) is 0.630. The molecule has 0 aliphatic carbocycles. The van der Waals surface area contributed by atoms with Crippen molar-refractivity contribution in [3.63, 3.8) is 0 Å². The summed E-state index contributed by atoms with van der Waals surface area (Å²) in [7, 11) is 1.95. The maximum absolute atomic E-state index is 12.1. The second kappa shape index (κ2) is 6.47. The molecular weight excluding hydrogens is 312 g/mol. The minimum Gasteiger partial charge on any atom is -0.309 e. The Morgan fingerprint density at radius 3 is 2.83 bits per heavy atom. The third-order valence-electron chi connectivity index (χ3n) is 3.76. The Hall–Kier alpha value is -2.25. The zero-order valence-corrected chi connectivity index (χ0v) is 13.9. The quantitative estimate of drug-likeness (QED) is 0.771. The van der Waals surface area contributed by atoms with Crippen molar-refractivity contribution in [1.82, 2.24) is 19.4 Å². The van der Waals surface area contributed by atoms with Gasteiger partial charge in [-0.25, -0.2) is 4.98 Å². The lowest BCUT2D eigenvalue weighted by molar-refractivity contribution is 0.302. The first-order valence-corrected chi connectivity index (χ1v) is 8.24. The lowest BCUT2D eigenvalue weighted by atomic mass is 10.2. The minimum atomic E-state index is -0.121. The highest BCUT2D eigenvalue weighted by molar-refractivity contribution is 7.07. The number of aromatic nitrogens is 3. The molecule has 2 heterocycles. The molecule has 6 nitrogen and oxygen atoms in total. The molecule has 7 heteroatoms. The van der Waals surface area contributed by atoms with Crippen LogP contribution in [-0.4, -0.2) is 33.0 Å². The van der Waals surface area contributed by atoms with Crippen LogP contribution in [0.3, 0.4) is 0 Å². The van der Waals surface area contributed by atoms with Crippen LogP contribution in [0, 0.1) is 6.92 Å². The monoisotopic (exact) mass is 330 g/mol. The Labute approximate surface area is 137 Å². The van der Waals surface area contributed by atoms with Crippen LogP contribution >= 0.6 is 11.3 Å². The zero-order chi connectivity index (χ0) is 16.4. The van der Waals surface area contributed by atoms with E-state index in [1.165, 1.54) is 11.3 Å². The van der Waals surface area contributed by atoms with E-state index in [0.29, 0.717) is 36.4 Å². The number of nitrogens with zero attached hydrogens (tertiary/aromatic N) is 3. The summed E-state index contributed by atoms with van der Waals surface area (Å²) in [6, 6.07) is 7.29. The maximum Gasteiger partial charge on any atom is 0.307 e. The summed E-state index contributed by atoms with van der Waals surface area (Å²) in [5, 5.41) is 2.46. The molecular formula is C16H18N4O2S. The number of fused-ring (bicyclic) bond motifs is 1. The number of aromatic amines is 1. The molecule has 1 N–H and O–H groups in total. The van der Waals surface area contributed by atoms with Crippen LogP contribution in [0.5, 0.6) is 0 Å². The Morgan fingerprint density at radius 2 is 2.09 bits per heavy atom. The number of benzene rings is 1. The van der Waals surface area contributed by atoms with Crippen molar-refractivity contribution in [2.24, 2.45) is 0 Å². The van der Waals surface area contributed by atoms with Crippen LogP contribution < -0.4 is 10.4 Å². The standard InChI is InChI=1S/C16H18N4O2S/c1-11-10-23-16(22)20(11)8-7-19(2)9-14-17-13-6-4-3-5-12(13)15(21)18-14/h3-6,10H,7-9H2,1-2H3,(H,17,18,21). The highest BCUT2D eigenvalue weighted by Crippen LogP contribution is 2.07. The molecule has 3 aromatic rings. The second-order valence-electron chi connectivity index (χ2n) is 5.56. The van der Waals surface area contributed by atoms with E-state index in [-0.39, 0.29) is 10.4 Å². The van der Waals surface area contributed by atoms with E-state index in [0.717, 1.165) is 5.69 Å². The molecule has 3 rings (SSSR count). The summed E-state index contributed by atoms with van der Waals surface area (Å²) in [5.41, 5.74) is 1.55. The summed E-state index contributed by atoms with van der Waals surface area (Å²) in [4.78, 5) is 33.2. The van der Waals surface area contributed by atoms with E-state index in [2.05, 4.69) is 9.97 Å². The Kier molecular flexibility index (Phi) is 4.40. The molecule has 0 radical (unpaired) electrons. The summed E-state index contributed by atoms with van der Waals surface area (Å²) < 4.78 is 1.76. The van der Waals surface area contributed by atoms with Gasteiger partial charge >= 0.3 is 4.87 Å². The van der Waals surface area contributed by atoms with Crippen LogP contribution in [0.4, 0.5) is 0 Å². The van der Waals surface area contributed by atoms with Crippen molar-refractivity contribution in [1.29, 1.82) is 0 Å².